The van der Waals surface area contributed by atoms with Crippen molar-refractivity contribution in [1.82, 2.24) is 5.32 Å². The number of hydrogen-bond acceptors (Lipinski definition) is 8. The maximum Gasteiger partial charge on any atom is 0.220 e. The molecule has 0 spiro atoms. The van der Waals surface area contributed by atoms with E-state index in [9.17, 15) is 30.3 Å². The first-order chi connectivity index (χ1) is 36.8. The monoisotopic (exact) mass is 1040 g/mol. The minimum atomic E-state index is -1.58. The van der Waals surface area contributed by atoms with E-state index >= 15 is 0 Å². The minimum absolute atomic E-state index is 0.207. The first kappa shape index (κ1) is 68.8. The highest BCUT2D eigenvalue weighted by atomic mass is 16.7. The van der Waals surface area contributed by atoms with E-state index in [0.29, 0.717) is 6.42 Å². The Morgan fingerprint density at radius 1 is 0.467 bits per heavy atom. The molecule has 7 atom stereocenters. The van der Waals surface area contributed by atoms with Gasteiger partial charge in [-0.15, -0.1) is 0 Å². The van der Waals surface area contributed by atoms with Crippen LogP contribution in [0, 0.1) is 0 Å². The largest absolute Gasteiger partial charge is 0.394 e. The summed E-state index contributed by atoms with van der Waals surface area (Å²) in [4.78, 5) is 13.0. The Bertz CT molecular complexity index is 1730. The molecule has 0 saturated carbocycles. The van der Waals surface area contributed by atoms with Gasteiger partial charge in [0.25, 0.3) is 0 Å². The molecular weight excluding hydrogens is 935 g/mol. The summed E-state index contributed by atoms with van der Waals surface area (Å²) in [5.74, 6) is -0.207. The summed E-state index contributed by atoms with van der Waals surface area (Å²) >= 11 is 0. The molecule has 0 radical (unpaired) electrons. The summed E-state index contributed by atoms with van der Waals surface area (Å²) in [6, 6.07) is -0.838. The average Bonchev–Trinajstić information content (AvgIpc) is 3.41. The van der Waals surface area contributed by atoms with Crippen LogP contribution in [0.3, 0.4) is 0 Å². The fraction of sp³-hybridized carbons (Fsp3) is 0.591. The van der Waals surface area contributed by atoms with Crippen LogP contribution in [0.4, 0.5) is 0 Å². The normalized spacial score (nSPS) is 20.1. The topological polar surface area (TPSA) is 149 Å². The lowest BCUT2D eigenvalue weighted by Gasteiger charge is -2.40. The molecule has 1 saturated heterocycles. The van der Waals surface area contributed by atoms with Crippen molar-refractivity contribution in [2.75, 3.05) is 13.2 Å². The van der Waals surface area contributed by atoms with Crippen LogP contribution in [0.25, 0.3) is 0 Å². The number of aliphatic hydroxyl groups is 5. The number of nitrogens with one attached hydrogen (secondary N) is 1. The SMILES string of the molecule is CC/C=C\C/C=C\C/C=C\C/C=C\C/C=C\C/C=C\C/C=C\C/C=C\C/C=C\C/C=C\C/C=C\CCCCCCCCCC(=O)NC(COC1OC(CO)C(O)C(O)C1O)C(O)/C=C/CC/C=C/CCCCCCC. The van der Waals surface area contributed by atoms with Gasteiger partial charge in [0.15, 0.2) is 6.29 Å². The summed E-state index contributed by atoms with van der Waals surface area (Å²) in [6.07, 6.45) is 77.5. The van der Waals surface area contributed by atoms with Crippen molar-refractivity contribution in [3.63, 3.8) is 0 Å². The Morgan fingerprint density at radius 2 is 0.840 bits per heavy atom. The third kappa shape index (κ3) is 42.6. The van der Waals surface area contributed by atoms with Crippen molar-refractivity contribution in [3.8, 4) is 0 Å². The lowest BCUT2D eigenvalue weighted by Crippen LogP contribution is -2.60. The minimum Gasteiger partial charge on any atom is -0.394 e. The van der Waals surface area contributed by atoms with Crippen LogP contribution in [0.2, 0.25) is 0 Å². The van der Waals surface area contributed by atoms with E-state index in [2.05, 4.69) is 165 Å². The van der Waals surface area contributed by atoms with E-state index in [1.807, 2.05) is 6.08 Å². The third-order valence-corrected chi connectivity index (χ3v) is 12.6. The van der Waals surface area contributed by atoms with Gasteiger partial charge in [-0.1, -0.05) is 230 Å². The van der Waals surface area contributed by atoms with Gasteiger partial charge >= 0.3 is 0 Å². The highest BCUT2D eigenvalue weighted by molar-refractivity contribution is 5.76. The molecule has 0 aliphatic carbocycles. The highest BCUT2D eigenvalue weighted by Crippen LogP contribution is 2.22. The fourth-order valence-corrected chi connectivity index (χ4v) is 8.00. The van der Waals surface area contributed by atoms with Crippen LogP contribution in [-0.4, -0.2) is 87.5 Å². The predicted molar refractivity (Wildman–Crippen MR) is 317 cm³/mol. The molecule has 75 heavy (non-hydrogen) atoms. The van der Waals surface area contributed by atoms with Crippen LogP contribution < -0.4 is 5.32 Å². The Labute approximate surface area is 456 Å². The number of unbranched alkanes of at least 4 members (excludes halogenated alkanes) is 13. The first-order valence-corrected chi connectivity index (χ1v) is 29.2. The molecular formula is C66H105NO8. The number of aliphatic hydroxyl groups excluding tert-OH is 5. The van der Waals surface area contributed by atoms with Crippen molar-refractivity contribution in [2.45, 2.75) is 236 Å². The highest BCUT2D eigenvalue weighted by Gasteiger charge is 2.44. The molecule has 1 fully saturated rings. The predicted octanol–water partition coefficient (Wildman–Crippen LogP) is 14.8. The maximum atomic E-state index is 13.0. The molecule has 1 aliphatic heterocycles. The number of ether oxygens (including phenoxy) is 2. The van der Waals surface area contributed by atoms with Crippen molar-refractivity contribution >= 4 is 5.91 Å². The number of carbonyl (C=O) groups excluding carboxylic acids is 1. The molecule has 422 valence electrons. The van der Waals surface area contributed by atoms with Crippen LogP contribution in [0.1, 0.15) is 194 Å². The molecule has 1 heterocycles. The van der Waals surface area contributed by atoms with Crippen LogP contribution in [-0.2, 0) is 14.3 Å². The molecule has 0 aromatic heterocycles. The van der Waals surface area contributed by atoms with E-state index in [-0.39, 0.29) is 12.5 Å². The second kappa shape index (κ2) is 53.2. The molecule has 7 unspecified atom stereocenters. The molecule has 9 nitrogen and oxygen atoms in total. The molecule has 0 aromatic rings. The number of rotatable bonds is 47. The number of carbonyl (C=O) groups is 1. The van der Waals surface area contributed by atoms with Gasteiger partial charge in [-0.05, 0) is 116 Å². The van der Waals surface area contributed by atoms with E-state index in [4.69, 9.17) is 9.47 Å². The fourth-order valence-electron chi connectivity index (χ4n) is 8.00. The van der Waals surface area contributed by atoms with Crippen molar-refractivity contribution in [3.05, 3.63) is 158 Å². The zero-order chi connectivity index (χ0) is 54.3. The quantitative estimate of drug-likeness (QED) is 0.0261. The number of allylic oxidation sites excluding steroid dienone is 25. The van der Waals surface area contributed by atoms with Gasteiger partial charge in [0.05, 0.1) is 25.4 Å². The average molecular weight is 1040 g/mol. The number of amides is 1. The Kier molecular flexibility index (Phi) is 48.8. The zero-order valence-corrected chi connectivity index (χ0v) is 46.7. The van der Waals surface area contributed by atoms with Gasteiger partial charge in [0.1, 0.15) is 24.4 Å². The standard InChI is InChI=1S/C66H105NO8/c1-3-5-7-9-11-13-15-16-17-18-19-20-21-22-23-24-25-26-27-28-29-30-31-32-33-34-35-36-37-38-39-40-41-42-43-44-46-48-50-52-54-56-62(70)67-59(58-74-66-65(73)64(72)63(71)61(57-68)75-66)60(69)55-53-51-49-47-45-14-12-10-8-6-4-2/h5,7,11,13,16-17,19-20,22-23,25-26,28-29,31-32,34-35,37-38,40-41,45,47,53,55,59-61,63-66,68-69,71-73H,3-4,6,8-10,12,14-15,18,21,24,27,30,33,36,39,42-44,46,48-52,54,56-58H2,1-2H3,(H,67,70)/b7-5-,13-11-,17-16-,20-19-,23-22-,26-25-,29-28-,32-31-,35-34-,38-37-,41-40-,47-45+,55-53+. The third-order valence-electron chi connectivity index (χ3n) is 12.6. The summed E-state index contributed by atoms with van der Waals surface area (Å²) in [5.41, 5.74) is 0. The summed E-state index contributed by atoms with van der Waals surface area (Å²) < 4.78 is 11.2. The summed E-state index contributed by atoms with van der Waals surface area (Å²) in [6.45, 7) is 3.58. The summed E-state index contributed by atoms with van der Waals surface area (Å²) in [7, 11) is 0. The second-order valence-electron chi connectivity index (χ2n) is 19.3. The molecule has 9 heteroatoms. The van der Waals surface area contributed by atoms with Gasteiger partial charge in [-0.3, -0.25) is 4.79 Å². The van der Waals surface area contributed by atoms with Gasteiger partial charge in [0.2, 0.25) is 5.91 Å². The Hall–Kier alpha value is -4.19. The van der Waals surface area contributed by atoms with Crippen molar-refractivity contribution in [2.24, 2.45) is 0 Å². The van der Waals surface area contributed by atoms with Crippen molar-refractivity contribution in [1.29, 1.82) is 0 Å². The molecule has 1 rings (SSSR count). The smallest absolute Gasteiger partial charge is 0.220 e. The first-order valence-electron chi connectivity index (χ1n) is 29.2. The van der Waals surface area contributed by atoms with Gasteiger partial charge in [-0.25, -0.2) is 0 Å². The van der Waals surface area contributed by atoms with E-state index in [1.165, 1.54) is 51.4 Å². The molecule has 1 aliphatic rings. The molecule has 0 aromatic carbocycles. The lowest BCUT2D eigenvalue weighted by atomic mass is 9.99. The number of hydrogen-bond donors (Lipinski definition) is 6. The Balaban J connectivity index is 2.16. The molecule has 0 bridgehead atoms. The Morgan fingerprint density at radius 3 is 1.28 bits per heavy atom. The molecule has 1 amide bonds. The van der Waals surface area contributed by atoms with Crippen LogP contribution in [0.15, 0.2) is 158 Å². The zero-order valence-electron chi connectivity index (χ0n) is 46.7. The van der Waals surface area contributed by atoms with Gasteiger partial charge < -0.3 is 40.3 Å². The van der Waals surface area contributed by atoms with Crippen molar-refractivity contribution < 1.29 is 39.8 Å². The second-order valence-corrected chi connectivity index (χ2v) is 19.3. The van der Waals surface area contributed by atoms with E-state index in [0.717, 1.165) is 122 Å². The molecule has 6 N–H and O–H groups in total. The van der Waals surface area contributed by atoms with Gasteiger partial charge in [0, 0.05) is 6.42 Å². The lowest BCUT2D eigenvalue weighted by molar-refractivity contribution is -0.302. The summed E-state index contributed by atoms with van der Waals surface area (Å²) in [5, 5.41) is 54.2. The van der Waals surface area contributed by atoms with E-state index in [1.54, 1.807) is 6.08 Å². The van der Waals surface area contributed by atoms with Crippen LogP contribution >= 0.6 is 0 Å². The van der Waals surface area contributed by atoms with Crippen LogP contribution in [0.5, 0.6) is 0 Å². The maximum absolute atomic E-state index is 13.0. The van der Waals surface area contributed by atoms with E-state index < -0.39 is 49.5 Å². The van der Waals surface area contributed by atoms with Gasteiger partial charge in [-0.2, -0.15) is 0 Å².